The van der Waals surface area contributed by atoms with Crippen molar-refractivity contribution >= 4 is 5.71 Å². The molecule has 0 aromatic heterocycles. The molecular formula is C16H22NO+. The number of ether oxygens (including phenoxy) is 1. The molecule has 0 saturated heterocycles. The molecule has 1 fully saturated rings. The molecule has 2 nitrogen and oxygen atoms in total. The smallest absolute Gasteiger partial charge is 0.287 e. The van der Waals surface area contributed by atoms with E-state index in [1.54, 1.807) is 0 Å². The number of nitrogens with zero attached hydrogens (tertiary/aromatic N) is 1. The molecule has 0 N–H and O–H groups in total. The number of para-hydroxylation sites is 1. The van der Waals surface area contributed by atoms with Gasteiger partial charge in [-0.05, 0) is 31.4 Å². The van der Waals surface area contributed by atoms with Gasteiger partial charge in [-0.3, -0.25) is 0 Å². The van der Waals surface area contributed by atoms with E-state index in [0.717, 1.165) is 12.5 Å². The van der Waals surface area contributed by atoms with Crippen LogP contribution in [0.15, 0.2) is 18.2 Å². The second-order valence-electron chi connectivity index (χ2n) is 5.57. The van der Waals surface area contributed by atoms with E-state index in [9.17, 15) is 0 Å². The molecule has 0 unspecified atom stereocenters. The first-order chi connectivity index (χ1) is 8.77. The van der Waals surface area contributed by atoms with Crippen molar-refractivity contribution in [3.05, 3.63) is 29.3 Å². The van der Waals surface area contributed by atoms with Crippen molar-refractivity contribution in [1.29, 1.82) is 0 Å². The summed E-state index contributed by atoms with van der Waals surface area (Å²) in [6.07, 6.45) is 6.79. The molecule has 18 heavy (non-hydrogen) atoms. The first-order valence-electron chi connectivity index (χ1n) is 7.10. The molecule has 2 heteroatoms. The summed E-state index contributed by atoms with van der Waals surface area (Å²) in [5, 5.41) is 0. The lowest BCUT2D eigenvalue weighted by atomic mass is 9.94. The molecule has 0 bridgehead atoms. The molecule has 0 atom stereocenters. The van der Waals surface area contributed by atoms with Gasteiger partial charge in [0, 0.05) is 19.8 Å². The van der Waals surface area contributed by atoms with Crippen LogP contribution in [0, 0.1) is 6.92 Å². The van der Waals surface area contributed by atoms with Crippen LogP contribution in [0.25, 0.3) is 0 Å². The maximum atomic E-state index is 6.00. The van der Waals surface area contributed by atoms with Gasteiger partial charge in [0.1, 0.15) is 5.75 Å². The van der Waals surface area contributed by atoms with Gasteiger partial charge in [0.2, 0.25) is 0 Å². The van der Waals surface area contributed by atoms with Crippen molar-refractivity contribution in [1.82, 2.24) is 0 Å². The minimum atomic E-state index is 0.687. The van der Waals surface area contributed by atoms with Crippen LogP contribution < -0.4 is 4.74 Å². The Morgan fingerprint density at radius 1 is 1.11 bits per heavy atom. The number of fused-ring (bicyclic) bond motifs is 1. The van der Waals surface area contributed by atoms with Crippen LogP contribution in [0.3, 0.4) is 0 Å². The zero-order valence-corrected chi connectivity index (χ0v) is 11.4. The number of rotatable bonds is 1. The summed E-state index contributed by atoms with van der Waals surface area (Å²) in [5.74, 6) is 1.09. The normalized spacial score (nSPS) is 20.6. The molecule has 0 spiro atoms. The first-order valence-corrected chi connectivity index (χ1v) is 7.10. The van der Waals surface area contributed by atoms with E-state index in [0.29, 0.717) is 6.04 Å². The summed E-state index contributed by atoms with van der Waals surface area (Å²) in [4.78, 5) is 0. The third-order valence-corrected chi connectivity index (χ3v) is 4.40. The summed E-state index contributed by atoms with van der Waals surface area (Å²) < 4.78 is 8.47. The highest BCUT2D eigenvalue weighted by atomic mass is 16.5. The molecule has 1 aliphatic heterocycles. The Bertz CT molecular complexity index is 484. The Kier molecular flexibility index (Phi) is 3.11. The summed E-state index contributed by atoms with van der Waals surface area (Å²) in [6, 6.07) is 7.13. The summed E-state index contributed by atoms with van der Waals surface area (Å²) in [5.41, 5.74) is 3.92. The average Bonchev–Trinajstić information content (AvgIpc) is 2.41. The van der Waals surface area contributed by atoms with Gasteiger partial charge >= 0.3 is 0 Å². The third-order valence-electron chi connectivity index (χ3n) is 4.40. The van der Waals surface area contributed by atoms with Gasteiger partial charge in [0.15, 0.2) is 11.8 Å². The van der Waals surface area contributed by atoms with Crippen LogP contribution in [0.5, 0.6) is 5.75 Å². The van der Waals surface area contributed by atoms with E-state index in [-0.39, 0.29) is 0 Å². The van der Waals surface area contributed by atoms with E-state index >= 15 is 0 Å². The second-order valence-corrected chi connectivity index (χ2v) is 5.57. The average molecular weight is 244 g/mol. The van der Waals surface area contributed by atoms with E-state index in [2.05, 4.69) is 36.6 Å². The van der Waals surface area contributed by atoms with Crippen LogP contribution >= 0.6 is 0 Å². The number of hydrogen-bond donors (Lipinski definition) is 0. The Balaban J connectivity index is 1.98. The standard InChI is InChI=1S/C16H22NO/c1-12-7-6-10-15-13(2)17(11-18-16(12)15)14-8-4-3-5-9-14/h6-7,10,14H,3-5,8-9,11H2,1-2H3/q+1. The predicted octanol–water partition coefficient (Wildman–Crippen LogP) is 3.50. The van der Waals surface area contributed by atoms with E-state index in [1.165, 1.54) is 48.9 Å². The summed E-state index contributed by atoms with van der Waals surface area (Å²) in [7, 11) is 0. The van der Waals surface area contributed by atoms with Crippen molar-refractivity contribution in [3.8, 4) is 5.75 Å². The lowest BCUT2D eigenvalue weighted by Gasteiger charge is -2.26. The molecule has 1 saturated carbocycles. The van der Waals surface area contributed by atoms with Crippen molar-refractivity contribution in [2.75, 3.05) is 6.73 Å². The van der Waals surface area contributed by atoms with Crippen LogP contribution in [0.1, 0.15) is 50.2 Å². The molecule has 0 radical (unpaired) electrons. The molecule has 1 heterocycles. The fourth-order valence-corrected chi connectivity index (χ4v) is 3.29. The lowest BCUT2D eigenvalue weighted by molar-refractivity contribution is -0.598. The highest BCUT2D eigenvalue weighted by molar-refractivity contribution is 5.98. The highest BCUT2D eigenvalue weighted by Gasteiger charge is 2.31. The molecule has 3 rings (SSSR count). The molecule has 1 aromatic carbocycles. The number of hydrogen-bond acceptors (Lipinski definition) is 1. The number of benzene rings is 1. The van der Waals surface area contributed by atoms with E-state index < -0.39 is 0 Å². The van der Waals surface area contributed by atoms with E-state index in [4.69, 9.17) is 4.74 Å². The zero-order chi connectivity index (χ0) is 12.5. The maximum Gasteiger partial charge on any atom is 0.287 e. The van der Waals surface area contributed by atoms with Gasteiger partial charge < -0.3 is 4.74 Å². The van der Waals surface area contributed by atoms with Crippen LogP contribution in [0.4, 0.5) is 0 Å². The Labute approximate surface area is 109 Å². The Hall–Kier alpha value is -1.31. The van der Waals surface area contributed by atoms with Crippen LogP contribution in [-0.2, 0) is 0 Å². The molecular weight excluding hydrogens is 222 g/mol. The monoisotopic (exact) mass is 244 g/mol. The van der Waals surface area contributed by atoms with Crippen LogP contribution in [0.2, 0.25) is 0 Å². The quantitative estimate of drug-likeness (QED) is 0.689. The molecule has 2 aliphatic rings. The molecule has 1 aliphatic carbocycles. The fraction of sp³-hybridized carbons (Fsp3) is 0.562. The van der Waals surface area contributed by atoms with Crippen molar-refractivity contribution < 1.29 is 9.31 Å². The fourth-order valence-electron chi connectivity index (χ4n) is 3.29. The van der Waals surface area contributed by atoms with Gasteiger partial charge in [-0.25, -0.2) is 0 Å². The third kappa shape index (κ3) is 1.94. The summed E-state index contributed by atoms with van der Waals surface area (Å²) >= 11 is 0. The zero-order valence-electron chi connectivity index (χ0n) is 11.4. The minimum absolute atomic E-state index is 0.687. The van der Waals surface area contributed by atoms with Gasteiger partial charge in [-0.1, -0.05) is 18.6 Å². The molecule has 1 aromatic rings. The SMILES string of the molecule is CC1=[N+](C2CCCCC2)COc2c(C)cccc21. The van der Waals surface area contributed by atoms with Gasteiger partial charge in [0.05, 0.1) is 5.56 Å². The first kappa shape index (κ1) is 11.8. The molecule has 0 amide bonds. The van der Waals surface area contributed by atoms with Gasteiger partial charge in [-0.2, -0.15) is 4.58 Å². The lowest BCUT2D eigenvalue weighted by Crippen LogP contribution is -2.38. The predicted molar refractivity (Wildman–Crippen MR) is 73.6 cm³/mol. The summed E-state index contributed by atoms with van der Waals surface area (Å²) in [6.45, 7) is 5.10. The number of aryl methyl sites for hydroxylation is 1. The second kappa shape index (κ2) is 4.75. The maximum absolute atomic E-state index is 6.00. The van der Waals surface area contributed by atoms with Crippen molar-refractivity contribution in [2.45, 2.75) is 52.0 Å². The van der Waals surface area contributed by atoms with Gasteiger partial charge in [0.25, 0.3) is 6.73 Å². The van der Waals surface area contributed by atoms with Crippen molar-refractivity contribution in [2.24, 2.45) is 0 Å². The highest BCUT2D eigenvalue weighted by Crippen LogP contribution is 2.29. The minimum Gasteiger partial charge on any atom is -0.435 e. The van der Waals surface area contributed by atoms with Crippen molar-refractivity contribution in [3.63, 3.8) is 0 Å². The van der Waals surface area contributed by atoms with Gasteiger partial charge in [-0.15, -0.1) is 0 Å². The largest absolute Gasteiger partial charge is 0.435 e. The molecule has 96 valence electrons. The Morgan fingerprint density at radius 2 is 1.89 bits per heavy atom. The van der Waals surface area contributed by atoms with Crippen LogP contribution in [-0.4, -0.2) is 23.1 Å². The van der Waals surface area contributed by atoms with E-state index in [1.807, 2.05) is 0 Å². The topological polar surface area (TPSA) is 12.2 Å². The Morgan fingerprint density at radius 3 is 2.67 bits per heavy atom.